The van der Waals surface area contributed by atoms with E-state index in [1.54, 1.807) is 49.4 Å². The summed E-state index contributed by atoms with van der Waals surface area (Å²) in [6.45, 7) is 1.69. The van der Waals surface area contributed by atoms with Gasteiger partial charge in [0.1, 0.15) is 5.84 Å². The largest absolute Gasteiger partial charge is 0.490 e. The number of halogens is 1. The number of rotatable bonds is 13. The zero-order valence-corrected chi connectivity index (χ0v) is 21.8. The Morgan fingerprint density at radius 2 is 1.74 bits per heavy atom. The van der Waals surface area contributed by atoms with Crippen LogP contribution in [0.15, 0.2) is 54.6 Å². The van der Waals surface area contributed by atoms with Crippen LogP contribution in [0.5, 0.6) is 11.5 Å². The minimum Gasteiger partial charge on any atom is -0.490 e. The molecule has 0 radical (unpaired) electrons. The average Bonchev–Trinajstić information content (AvgIpc) is 2.87. The van der Waals surface area contributed by atoms with Crippen molar-refractivity contribution < 1.29 is 29.0 Å². The summed E-state index contributed by atoms with van der Waals surface area (Å²) in [5.41, 5.74) is 13.4. The molecule has 3 rings (SSSR count). The number of carboxylic acids is 1. The standard InChI is InChI=1S/C27H28ClN5O6/c1-2-38-22-10-15(11-24(35)36)9-17(25(22)39-14-23(29)34)13-32-21-8-5-18(28)12-20(21)27(37)33-19-6-3-16(4-7-19)26(30)31/h3-10,12,32H,2,11,13-14H2,1H3,(H2,29,34)(H3,30,31)(H,33,37)(H,35,36). The van der Waals surface area contributed by atoms with E-state index in [0.29, 0.717) is 33.1 Å². The highest BCUT2D eigenvalue weighted by Crippen LogP contribution is 2.35. The Morgan fingerprint density at radius 3 is 2.36 bits per heavy atom. The van der Waals surface area contributed by atoms with Crippen molar-refractivity contribution in [1.29, 1.82) is 5.41 Å². The fraction of sp³-hybridized carbons (Fsp3) is 0.185. The van der Waals surface area contributed by atoms with E-state index in [2.05, 4.69) is 10.6 Å². The summed E-state index contributed by atoms with van der Waals surface area (Å²) >= 11 is 6.18. The predicted molar refractivity (Wildman–Crippen MR) is 148 cm³/mol. The van der Waals surface area contributed by atoms with Crippen LogP contribution in [0.1, 0.15) is 34.0 Å². The first-order valence-electron chi connectivity index (χ1n) is 11.8. The molecule has 204 valence electrons. The Balaban J connectivity index is 1.91. The van der Waals surface area contributed by atoms with E-state index in [4.69, 9.17) is 38.0 Å². The molecule has 0 aliphatic heterocycles. The van der Waals surface area contributed by atoms with Crippen molar-refractivity contribution in [2.45, 2.75) is 19.9 Å². The topological polar surface area (TPSA) is 190 Å². The molecule has 8 N–H and O–H groups in total. The van der Waals surface area contributed by atoms with Crippen LogP contribution in [0.25, 0.3) is 0 Å². The van der Waals surface area contributed by atoms with Crippen LogP contribution >= 0.6 is 11.6 Å². The summed E-state index contributed by atoms with van der Waals surface area (Å²) in [5.74, 6) is -1.78. The molecular weight excluding hydrogens is 526 g/mol. The molecule has 0 spiro atoms. The number of nitrogen functional groups attached to an aromatic ring is 1. The summed E-state index contributed by atoms with van der Waals surface area (Å²) in [6.07, 6.45) is -0.264. The Kier molecular flexibility index (Phi) is 9.71. The number of ether oxygens (including phenoxy) is 2. The highest BCUT2D eigenvalue weighted by Gasteiger charge is 2.18. The van der Waals surface area contributed by atoms with E-state index < -0.39 is 24.4 Å². The highest BCUT2D eigenvalue weighted by molar-refractivity contribution is 6.31. The third kappa shape index (κ3) is 8.11. The Bertz CT molecular complexity index is 1390. The van der Waals surface area contributed by atoms with Crippen molar-refractivity contribution in [3.63, 3.8) is 0 Å². The van der Waals surface area contributed by atoms with Crippen LogP contribution in [0.2, 0.25) is 5.02 Å². The third-order valence-electron chi connectivity index (χ3n) is 5.35. The zero-order valence-electron chi connectivity index (χ0n) is 21.0. The number of anilines is 2. The first kappa shape index (κ1) is 28.8. The number of carbonyl (C=O) groups excluding carboxylic acids is 2. The van der Waals surface area contributed by atoms with Gasteiger partial charge in [-0.15, -0.1) is 0 Å². The number of aliphatic carboxylic acids is 1. The third-order valence-corrected chi connectivity index (χ3v) is 5.59. The van der Waals surface area contributed by atoms with Gasteiger partial charge in [-0.3, -0.25) is 19.8 Å². The number of hydrogen-bond acceptors (Lipinski definition) is 7. The van der Waals surface area contributed by atoms with Gasteiger partial charge < -0.3 is 36.7 Å². The fourth-order valence-corrected chi connectivity index (χ4v) is 3.85. The number of nitrogens with one attached hydrogen (secondary N) is 3. The van der Waals surface area contributed by atoms with E-state index in [0.717, 1.165) is 0 Å². The second-order valence-electron chi connectivity index (χ2n) is 8.33. The SMILES string of the molecule is CCOc1cc(CC(=O)O)cc(CNc2ccc(Cl)cc2C(=O)Nc2ccc(C(=N)N)cc2)c1OCC(N)=O. The lowest BCUT2D eigenvalue weighted by atomic mass is 10.0. The molecule has 0 fully saturated rings. The normalized spacial score (nSPS) is 10.4. The second-order valence-corrected chi connectivity index (χ2v) is 8.77. The minimum absolute atomic E-state index is 0.0802. The van der Waals surface area contributed by atoms with Crippen molar-refractivity contribution in [2.24, 2.45) is 11.5 Å². The maximum absolute atomic E-state index is 13.1. The number of benzene rings is 3. The van der Waals surface area contributed by atoms with E-state index >= 15 is 0 Å². The van der Waals surface area contributed by atoms with E-state index in [9.17, 15) is 19.5 Å². The molecule has 3 aromatic carbocycles. The van der Waals surface area contributed by atoms with Crippen LogP contribution in [0.4, 0.5) is 11.4 Å². The molecule has 0 aliphatic carbocycles. The van der Waals surface area contributed by atoms with Gasteiger partial charge in [0, 0.05) is 34.1 Å². The molecule has 0 atom stereocenters. The van der Waals surface area contributed by atoms with Crippen molar-refractivity contribution in [2.75, 3.05) is 23.8 Å². The molecule has 0 aliphatic rings. The van der Waals surface area contributed by atoms with Gasteiger partial charge in [0.25, 0.3) is 11.8 Å². The van der Waals surface area contributed by atoms with Gasteiger partial charge in [0.2, 0.25) is 0 Å². The smallest absolute Gasteiger partial charge is 0.307 e. The van der Waals surface area contributed by atoms with Crippen LogP contribution in [0.3, 0.4) is 0 Å². The van der Waals surface area contributed by atoms with E-state index in [-0.39, 0.29) is 42.5 Å². The maximum atomic E-state index is 13.1. The summed E-state index contributed by atoms with van der Waals surface area (Å²) in [5, 5.41) is 23.1. The summed E-state index contributed by atoms with van der Waals surface area (Å²) in [7, 11) is 0. The molecule has 12 heteroatoms. The van der Waals surface area contributed by atoms with E-state index in [1.165, 1.54) is 12.1 Å². The molecule has 3 aromatic rings. The molecule has 11 nitrogen and oxygen atoms in total. The minimum atomic E-state index is -1.03. The molecule has 0 aromatic heterocycles. The molecule has 39 heavy (non-hydrogen) atoms. The van der Waals surface area contributed by atoms with Gasteiger partial charge in [-0.1, -0.05) is 11.6 Å². The predicted octanol–water partition coefficient (Wildman–Crippen LogP) is 3.38. The Morgan fingerprint density at radius 1 is 1.03 bits per heavy atom. The monoisotopic (exact) mass is 553 g/mol. The van der Waals surface area contributed by atoms with Crippen molar-refractivity contribution in [1.82, 2.24) is 0 Å². The first-order valence-corrected chi connectivity index (χ1v) is 12.2. The number of primary amides is 1. The lowest BCUT2D eigenvalue weighted by Crippen LogP contribution is -2.21. The number of carboxylic acid groups (broad SMARTS) is 1. The molecule has 0 bridgehead atoms. The van der Waals surface area contributed by atoms with Gasteiger partial charge in [-0.25, -0.2) is 0 Å². The summed E-state index contributed by atoms with van der Waals surface area (Å²) < 4.78 is 11.3. The van der Waals surface area contributed by atoms with Crippen molar-refractivity contribution in [3.8, 4) is 11.5 Å². The van der Waals surface area contributed by atoms with Gasteiger partial charge >= 0.3 is 5.97 Å². The number of nitrogens with two attached hydrogens (primary N) is 2. The molecular formula is C27H28ClN5O6. The second kappa shape index (κ2) is 13.2. The van der Waals surface area contributed by atoms with Crippen molar-refractivity contribution >= 4 is 46.6 Å². The number of carbonyl (C=O) groups is 3. The van der Waals surface area contributed by atoms with Crippen LogP contribution in [0, 0.1) is 5.41 Å². The van der Waals surface area contributed by atoms with Gasteiger partial charge in [0.15, 0.2) is 18.1 Å². The molecule has 2 amide bonds. The van der Waals surface area contributed by atoms with E-state index in [1.807, 2.05) is 0 Å². The van der Waals surface area contributed by atoms with Gasteiger partial charge in [-0.05, 0) is 67.1 Å². The number of hydrogen-bond donors (Lipinski definition) is 6. The molecule has 0 saturated carbocycles. The number of amidine groups is 1. The number of amides is 2. The molecule has 0 saturated heterocycles. The Labute approximate surface area is 229 Å². The van der Waals surface area contributed by atoms with Gasteiger partial charge in [-0.2, -0.15) is 0 Å². The lowest BCUT2D eigenvalue weighted by molar-refractivity contribution is -0.136. The van der Waals surface area contributed by atoms with Crippen LogP contribution in [-0.4, -0.2) is 41.9 Å². The maximum Gasteiger partial charge on any atom is 0.307 e. The van der Waals surface area contributed by atoms with Crippen molar-refractivity contribution in [3.05, 3.63) is 81.9 Å². The van der Waals surface area contributed by atoms with Crippen LogP contribution in [-0.2, 0) is 22.6 Å². The zero-order chi connectivity index (χ0) is 28.5. The molecule has 0 heterocycles. The van der Waals surface area contributed by atoms with Crippen LogP contribution < -0.4 is 31.6 Å². The first-order chi connectivity index (χ1) is 18.6. The Hall–Kier alpha value is -4.77. The fourth-order valence-electron chi connectivity index (χ4n) is 3.68. The lowest BCUT2D eigenvalue weighted by Gasteiger charge is -2.19. The summed E-state index contributed by atoms with van der Waals surface area (Å²) in [4.78, 5) is 35.9. The average molecular weight is 554 g/mol. The van der Waals surface area contributed by atoms with Gasteiger partial charge in [0.05, 0.1) is 18.6 Å². The molecule has 0 unspecified atom stereocenters. The highest BCUT2D eigenvalue weighted by atomic mass is 35.5. The quantitative estimate of drug-likeness (QED) is 0.137. The summed E-state index contributed by atoms with van der Waals surface area (Å²) in [6, 6.07) is 14.4.